The van der Waals surface area contributed by atoms with E-state index in [2.05, 4.69) is 32.6 Å². The van der Waals surface area contributed by atoms with E-state index < -0.39 is 0 Å². The van der Waals surface area contributed by atoms with Crippen molar-refractivity contribution in [3.05, 3.63) is 0 Å². The lowest BCUT2D eigenvalue weighted by molar-refractivity contribution is 0.245. The first-order valence-corrected chi connectivity index (χ1v) is 14.0. The van der Waals surface area contributed by atoms with Gasteiger partial charge >= 0.3 is 0 Å². The van der Waals surface area contributed by atoms with E-state index in [0.29, 0.717) is 0 Å². The first-order valence-electron chi connectivity index (χ1n) is 14.0. The van der Waals surface area contributed by atoms with Crippen molar-refractivity contribution in [2.45, 2.75) is 156 Å². The summed E-state index contributed by atoms with van der Waals surface area (Å²) in [6.45, 7) is 13.4. The van der Waals surface area contributed by atoms with Crippen molar-refractivity contribution in [1.82, 2.24) is 4.90 Å². The maximum absolute atomic E-state index is 2.83. The van der Waals surface area contributed by atoms with E-state index in [1.165, 1.54) is 148 Å². The molecule has 0 spiro atoms. The number of unbranched alkanes of at least 4 members (excludes halogenated alkanes) is 12. The quantitative estimate of drug-likeness (QED) is 0.143. The molecule has 29 heavy (non-hydrogen) atoms. The molecule has 0 N–H and O–H groups in total. The highest BCUT2D eigenvalue weighted by molar-refractivity contribution is 4.64. The van der Waals surface area contributed by atoms with Crippen LogP contribution >= 0.6 is 0 Å². The Hall–Kier alpha value is -0.0400. The lowest BCUT2D eigenvalue weighted by atomic mass is 9.93. The second-order valence-electron chi connectivity index (χ2n) is 9.67. The number of hydrogen-bond donors (Lipinski definition) is 0. The molecule has 0 aromatic heterocycles. The van der Waals surface area contributed by atoms with E-state index in [9.17, 15) is 0 Å². The molecule has 0 saturated carbocycles. The SMILES string of the molecule is CCCCCCCCCN(CCCCCCCCC)CCCC(CCC)CCC. The van der Waals surface area contributed by atoms with Crippen LogP contribution in [0.15, 0.2) is 0 Å². The Balaban J connectivity index is 4.05. The molecule has 0 aliphatic rings. The lowest BCUT2D eigenvalue weighted by Gasteiger charge is -2.24. The zero-order valence-corrected chi connectivity index (χ0v) is 21.3. The molecule has 0 amide bonds. The molecule has 0 radical (unpaired) electrons. The van der Waals surface area contributed by atoms with Gasteiger partial charge in [-0.3, -0.25) is 0 Å². The topological polar surface area (TPSA) is 3.24 Å². The van der Waals surface area contributed by atoms with Crippen molar-refractivity contribution in [2.24, 2.45) is 5.92 Å². The Labute approximate surface area is 186 Å². The van der Waals surface area contributed by atoms with Gasteiger partial charge in [0.25, 0.3) is 0 Å². The highest BCUT2D eigenvalue weighted by atomic mass is 15.1. The van der Waals surface area contributed by atoms with E-state index in [1.807, 2.05) is 0 Å². The molecule has 176 valence electrons. The molecular weight excluding hydrogens is 350 g/mol. The molecule has 1 nitrogen and oxygen atoms in total. The van der Waals surface area contributed by atoms with Gasteiger partial charge in [0, 0.05) is 0 Å². The van der Waals surface area contributed by atoms with Crippen LogP contribution in [0.1, 0.15) is 156 Å². The fourth-order valence-electron chi connectivity index (χ4n) is 4.77. The van der Waals surface area contributed by atoms with Gasteiger partial charge in [0.2, 0.25) is 0 Å². The summed E-state index contributed by atoms with van der Waals surface area (Å²) in [7, 11) is 0. The molecule has 0 aromatic rings. The van der Waals surface area contributed by atoms with Gasteiger partial charge in [-0.2, -0.15) is 0 Å². The van der Waals surface area contributed by atoms with Crippen molar-refractivity contribution in [2.75, 3.05) is 19.6 Å². The molecule has 0 unspecified atom stereocenters. The van der Waals surface area contributed by atoms with Crippen molar-refractivity contribution < 1.29 is 0 Å². The summed E-state index contributed by atoms with van der Waals surface area (Å²) in [5.74, 6) is 0.990. The van der Waals surface area contributed by atoms with Crippen molar-refractivity contribution in [1.29, 1.82) is 0 Å². The van der Waals surface area contributed by atoms with Crippen LogP contribution in [0.3, 0.4) is 0 Å². The lowest BCUT2D eigenvalue weighted by Crippen LogP contribution is -2.27. The number of nitrogens with zero attached hydrogens (tertiary/aromatic N) is 1. The smallest absolute Gasteiger partial charge is 0.00186 e. The Kier molecular flexibility index (Phi) is 24.2. The van der Waals surface area contributed by atoms with Crippen LogP contribution < -0.4 is 0 Å². The molecule has 0 rings (SSSR count). The van der Waals surface area contributed by atoms with Gasteiger partial charge in [-0.15, -0.1) is 0 Å². The molecule has 0 atom stereocenters. The second-order valence-corrected chi connectivity index (χ2v) is 9.67. The number of rotatable bonds is 24. The predicted molar refractivity (Wildman–Crippen MR) is 135 cm³/mol. The van der Waals surface area contributed by atoms with E-state index >= 15 is 0 Å². The third-order valence-electron chi connectivity index (χ3n) is 6.64. The van der Waals surface area contributed by atoms with E-state index in [1.54, 1.807) is 0 Å². The van der Waals surface area contributed by atoms with Crippen molar-refractivity contribution in [3.63, 3.8) is 0 Å². The van der Waals surface area contributed by atoms with E-state index in [-0.39, 0.29) is 0 Å². The monoisotopic (exact) mass is 409 g/mol. The first kappa shape index (κ1) is 29.0. The van der Waals surface area contributed by atoms with Gasteiger partial charge in [0.15, 0.2) is 0 Å². The zero-order chi connectivity index (χ0) is 21.4. The van der Waals surface area contributed by atoms with E-state index in [0.717, 1.165) is 5.92 Å². The maximum atomic E-state index is 2.83. The standard InChI is InChI=1S/C28H59N/c1-5-9-11-13-15-17-19-25-29(26-20-18-16-14-12-10-6-2)27-21-24-28(22-7-3)23-8-4/h28H,5-27H2,1-4H3. The minimum atomic E-state index is 0.990. The van der Waals surface area contributed by atoms with Gasteiger partial charge < -0.3 is 4.90 Å². The summed E-state index contributed by atoms with van der Waals surface area (Å²) in [6.07, 6.45) is 28.6. The van der Waals surface area contributed by atoms with Gasteiger partial charge in [-0.1, -0.05) is 130 Å². The average molecular weight is 410 g/mol. The normalized spacial score (nSPS) is 11.8. The molecule has 0 aliphatic carbocycles. The molecule has 0 heterocycles. The van der Waals surface area contributed by atoms with Crippen LogP contribution in [-0.2, 0) is 0 Å². The van der Waals surface area contributed by atoms with Crippen LogP contribution in [0.25, 0.3) is 0 Å². The minimum Gasteiger partial charge on any atom is -0.303 e. The highest BCUT2D eigenvalue weighted by Crippen LogP contribution is 2.20. The molecule has 0 fully saturated rings. The van der Waals surface area contributed by atoms with Gasteiger partial charge in [0.1, 0.15) is 0 Å². The Bertz CT molecular complexity index is 264. The molecule has 0 saturated heterocycles. The van der Waals surface area contributed by atoms with Gasteiger partial charge in [-0.25, -0.2) is 0 Å². The summed E-state index contributed by atoms with van der Waals surface area (Å²) in [5, 5.41) is 0. The molecule has 0 aromatic carbocycles. The third-order valence-corrected chi connectivity index (χ3v) is 6.64. The van der Waals surface area contributed by atoms with Crippen LogP contribution in [0.5, 0.6) is 0 Å². The number of hydrogen-bond acceptors (Lipinski definition) is 1. The van der Waals surface area contributed by atoms with Crippen molar-refractivity contribution in [3.8, 4) is 0 Å². The summed E-state index contributed by atoms with van der Waals surface area (Å²) >= 11 is 0. The summed E-state index contributed by atoms with van der Waals surface area (Å²) < 4.78 is 0. The first-order chi connectivity index (χ1) is 14.3. The van der Waals surface area contributed by atoms with Crippen LogP contribution in [0.2, 0.25) is 0 Å². The Morgan fingerprint density at radius 2 is 0.759 bits per heavy atom. The van der Waals surface area contributed by atoms with Crippen LogP contribution in [-0.4, -0.2) is 24.5 Å². The van der Waals surface area contributed by atoms with Crippen LogP contribution in [0, 0.1) is 5.92 Å². The van der Waals surface area contributed by atoms with Gasteiger partial charge in [0.05, 0.1) is 0 Å². The molecular formula is C28H59N. The van der Waals surface area contributed by atoms with Gasteiger partial charge in [-0.05, 0) is 51.2 Å². The average Bonchev–Trinajstić information content (AvgIpc) is 2.72. The van der Waals surface area contributed by atoms with E-state index in [4.69, 9.17) is 0 Å². The fraction of sp³-hybridized carbons (Fsp3) is 1.00. The highest BCUT2D eigenvalue weighted by Gasteiger charge is 2.09. The van der Waals surface area contributed by atoms with Crippen molar-refractivity contribution >= 4 is 0 Å². The Morgan fingerprint density at radius 1 is 0.379 bits per heavy atom. The maximum Gasteiger partial charge on any atom is -0.00186 e. The Morgan fingerprint density at radius 3 is 1.17 bits per heavy atom. The minimum absolute atomic E-state index is 0.990. The summed E-state index contributed by atoms with van der Waals surface area (Å²) in [5.41, 5.74) is 0. The second kappa shape index (κ2) is 24.2. The largest absolute Gasteiger partial charge is 0.303 e. The third kappa shape index (κ3) is 21.0. The zero-order valence-electron chi connectivity index (χ0n) is 21.3. The van der Waals surface area contributed by atoms with Crippen LogP contribution in [0.4, 0.5) is 0 Å². The predicted octanol–water partition coefficient (Wildman–Crippen LogP) is 9.79. The summed E-state index contributed by atoms with van der Waals surface area (Å²) in [6, 6.07) is 0. The molecule has 0 bridgehead atoms. The fourth-order valence-corrected chi connectivity index (χ4v) is 4.77. The molecule has 1 heteroatoms. The summed E-state index contributed by atoms with van der Waals surface area (Å²) in [4.78, 5) is 2.83. The molecule has 0 aliphatic heterocycles.